The number of aromatic nitrogens is 1. The highest BCUT2D eigenvalue weighted by Gasteiger charge is 2.33. The third-order valence-corrected chi connectivity index (χ3v) is 6.11. The van der Waals surface area contributed by atoms with Crippen molar-refractivity contribution in [1.29, 1.82) is 0 Å². The van der Waals surface area contributed by atoms with E-state index in [1.165, 1.54) is 28.7 Å². The lowest BCUT2D eigenvalue weighted by Gasteiger charge is -2.23. The number of hydrogen-bond acceptors (Lipinski definition) is 7. The van der Waals surface area contributed by atoms with Crippen LogP contribution in [0.2, 0.25) is 0 Å². The van der Waals surface area contributed by atoms with Gasteiger partial charge in [0.25, 0.3) is 5.56 Å². The van der Waals surface area contributed by atoms with Gasteiger partial charge in [-0.15, -0.1) is 11.3 Å². The summed E-state index contributed by atoms with van der Waals surface area (Å²) >= 11 is 2.74. The van der Waals surface area contributed by atoms with Crippen molar-refractivity contribution >= 4 is 34.7 Å². The maximum atomic E-state index is 13.2. The largest absolute Gasteiger partial charge is 0.465 e. The average Bonchev–Trinajstić information content (AvgIpc) is 3.42. The van der Waals surface area contributed by atoms with E-state index in [9.17, 15) is 9.59 Å². The first-order chi connectivity index (χ1) is 13.6. The molecule has 28 heavy (non-hydrogen) atoms. The van der Waals surface area contributed by atoms with Crippen molar-refractivity contribution in [2.24, 2.45) is 4.99 Å². The Morgan fingerprint density at radius 2 is 2.29 bits per heavy atom. The number of thiazole rings is 1. The van der Waals surface area contributed by atoms with Crippen LogP contribution >= 0.6 is 22.7 Å². The van der Waals surface area contributed by atoms with Crippen LogP contribution in [-0.2, 0) is 9.53 Å². The van der Waals surface area contributed by atoms with Gasteiger partial charge in [-0.1, -0.05) is 30.1 Å². The van der Waals surface area contributed by atoms with Crippen molar-refractivity contribution in [2.45, 2.75) is 13.0 Å². The molecular formula is C20H16N2O4S2. The van der Waals surface area contributed by atoms with Gasteiger partial charge in [0.2, 0.25) is 0 Å². The second-order valence-corrected chi connectivity index (χ2v) is 7.99. The normalized spacial score (nSPS) is 16.6. The zero-order valence-electron chi connectivity index (χ0n) is 15.0. The predicted molar refractivity (Wildman–Crippen MR) is 108 cm³/mol. The molecule has 0 spiro atoms. The van der Waals surface area contributed by atoms with Crippen LogP contribution in [-0.4, -0.2) is 17.1 Å². The summed E-state index contributed by atoms with van der Waals surface area (Å²) in [7, 11) is 0. The number of furan rings is 1. The molecule has 8 heteroatoms. The maximum Gasteiger partial charge on any atom is 0.338 e. The van der Waals surface area contributed by atoms with Crippen LogP contribution in [0.15, 0.2) is 74.0 Å². The van der Waals surface area contributed by atoms with Crippen molar-refractivity contribution in [3.05, 3.63) is 90.2 Å². The lowest BCUT2D eigenvalue weighted by molar-refractivity contribution is -0.138. The minimum atomic E-state index is -0.577. The second kappa shape index (κ2) is 7.57. The van der Waals surface area contributed by atoms with Gasteiger partial charge < -0.3 is 9.15 Å². The van der Waals surface area contributed by atoms with Crippen LogP contribution in [0, 0.1) is 0 Å². The van der Waals surface area contributed by atoms with Crippen molar-refractivity contribution in [3.63, 3.8) is 0 Å². The molecule has 4 rings (SSSR count). The Morgan fingerprint density at radius 3 is 2.96 bits per heavy atom. The van der Waals surface area contributed by atoms with E-state index in [0.29, 0.717) is 26.4 Å². The molecule has 1 atom stereocenters. The minimum absolute atomic E-state index is 0.0929. The zero-order valence-corrected chi connectivity index (χ0v) is 16.6. The number of fused-ring (bicyclic) bond motifs is 1. The Kier molecular flexibility index (Phi) is 4.97. The molecule has 0 aromatic carbocycles. The van der Waals surface area contributed by atoms with E-state index < -0.39 is 12.0 Å². The number of allylic oxidation sites excluding steroid dienone is 1. The second-order valence-electron chi connectivity index (χ2n) is 6.00. The van der Waals surface area contributed by atoms with Crippen molar-refractivity contribution in [1.82, 2.24) is 4.57 Å². The molecule has 0 radical (unpaired) electrons. The quantitative estimate of drug-likeness (QED) is 0.477. The smallest absolute Gasteiger partial charge is 0.338 e. The van der Waals surface area contributed by atoms with Crippen LogP contribution in [0.3, 0.4) is 0 Å². The molecule has 0 saturated carbocycles. The van der Waals surface area contributed by atoms with Gasteiger partial charge in [0.15, 0.2) is 4.80 Å². The number of hydrogen-bond donors (Lipinski definition) is 0. The van der Waals surface area contributed by atoms with Crippen molar-refractivity contribution in [2.75, 3.05) is 6.61 Å². The Balaban J connectivity index is 1.92. The molecule has 0 N–H and O–H groups in total. The molecule has 0 amide bonds. The van der Waals surface area contributed by atoms with Crippen molar-refractivity contribution < 1.29 is 13.9 Å². The number of carbonyl (C=O) groups excluding carboxylic acids is 1. The van der Waals surface area contributed by atoms with Gasteiger partial charge >= 0.3 is 5.97 Å². The Labute approximate surface area is 168 Å². The van der Waals surface area contributed by atoms with Gasteiger partial charge in [-0.2, -0.15) is 0 Å². The molecule has 6 nitrogen and oxygen atoms in total. The summed E-state index contributed by atoms with van der Waals surface area (Å²) in [4.78, 5) is 31.9. The highest BCUT2D eigenvalue weighted by Crippen LogP contribution is 2.33. The molecule has 3 aromatic rings. The molecule has 4 heterocycles. The van der Waals surface area contributed by atoms with E-state index in [-0.39, 0.29) is 12.2 Å². The number of thiophene rings is 1. The number of ether oxygens (including phenoxy) is 1. The standard InChI is InChI=1S/C20H16N2O4S2/c1-3-8-26-19(24)16-12(2)21-20-22(17(16)14-7-5-10-27-14)18(23)15(28-20)11-13-6-4-9-25-13/h3-7,9-11,17H,1,8H2,2H3/b15-11-/t17-/m1/s1. The van der Waals surface area contributed by atoms with E-state index in [4.69, 9.17) is 9.15 Å². The lowest BCUT2D eigenvalue weighted by Crippen LogP contribution is -2.39. The highest BCUT2D eigenvalue weighted by molar-refractivity contribution is 7.10. The monoisotopic (exact) mass is 412 g/mol. The molecule has 0 bridgehead atoms. The minimum Gasteiger partial charge on any atom is -0.465 e. The summed E-state index contributed by atoms with van der Waals surface area (Å²) in [6, 6.07) is 6.75. The van der Waals surface area contributed by atoms with Crippen LogP contribution in [0.25, 0.3) is 6.08 Å². The molecule has 1 aliphatic rings. The summed E-state index contributed by atoms with van der Waals surface area (Å²) in [5.41, 5.74) is 0.680. The molecule has 0 aliphatic carbocycles. The zero-order chi connectivity index (χ0) is 19.7. The lowest BCUT2D eigenvalue weighted by atomic mass is 10.0. The summed E-state index contributed by atoms with van der Waals surface area (Å²) in [5.74, 6) is 0.0825. The maximum absolute atomic E-state index is 13.2. The van der Waals surface area contributed by atoms with Crippen LogP contribution in [0.1, 0.15) is 23.6 Å². The third kappa shape index (κ3) is 3.21. The number of esters is 1. The summed E-state index contributed by atoms with van der Waals surface area (Å²) in [6.45, 7) is 5.42. The molecular weight excluding hydrogens is 396 g/mol. The number of nitrogens with zero attached hydrogens (tertiary/aromatic N) is 2. The van der Waals surface area contributed by atoms with Gasteiger partial charge in [0.1, 0.15) is 18.4 Å². The third-order valence-electron chi connectivity index (χ3n) is 4.20. The van der Waals surface area contributed by atoms with Gasteiger partial charge in [0.05, 0.1) is 22.1 Å². The van der Waals surface area contributed by atoms with Crippen LogP contribution < -0.4 is 14.9 Å². The SMILES string of the molecule is C=CCOC(=O)C1=C(C)N=c2s/c(=C\c3ccco3)c(=O)n2[C@@H]1c1cccs1. The van der Waals surface area contributed by atoms with Gasteiger partial charge in [-0.25, -0.2) is 9.79 Å². The Morgan fingerprint density at radius 1 is 1.43 bits per heavy atom. The molecule has 0 saturated heterocycles. The van der Waals surface area contributed by atoms with E-state index >= 15 is 0 Å². The van der Waals surface area contributed by atoms with Crippen LogP contribution in [0.4, 0.5) is 0 Å². The fraction of sp³-hybridized carbons (Fsp3) is 0.150. The topological polar surface area (TPSA) is 73.8 Å². The van der Waals surface area contributed by atoms with Crippen LogP contribution in [0.5, 0.6) is 0 Å². The van der Waals surface area contributed by atoms with E-state index in [1.807, 2.05) is 17.5 Å². The van der Waals surface area contributed by atoms with Gasteiger partial charge in [0, 0.05) is 11.0 Å². The highest BCUT2D eigenvalue weighted by atomic mass is 32.1. The molecule has 0 unspecified atom stereocenters. The fourth-order valence-electron chi connectivity index (χ4n) is 3.01. The molecule has 0 fully saturated rings. The van der Waals surface area contributed by atoms with E-state index in [0.717, 1.165) is 4.88 Å². The number of rotatable bonds is 5. The molecule has 1 aliphatic heterocycles. The molecule has 3 aromatic heterocycles. The summed E-state index contributed by atoms with van der Waals surface area (Å²) < 4.78 is 12.6. The van der Waals surface area contributed by atoms with E-state index in [2.05, 4.69) is 11.6 Å². The van der Waals surface area contributed by atoms with Gasteiger partial charge in [-0.3, -0.25) is 9.36 Å². The first-order valence-corrected chi connectivity index (χ1v) is 10.2. The summed E-state index contributed by atoms with van der Waals surface area (Å²) in [6.07, 6.45) is 4.74. The van der Waals surface area contributed by atoms with Gasteiger partial charge in [-0.05, 0) is 30.5 Å². The average molecular weight is 412 g/mol. The molecule has 142 valence electrons. The Bertz CT molecular complexity index is 1230. The fourth-order valence-corrected chi connectivity index (χ4v) is 4.86. The van der Waals surface area contributed by atoms with Crippen molar-refractivity contribution in [3.8, 4) is 0 Å². The predicted octanol–water partition coefficient (Wildman–Crippen LogP) is 2.62. The Hall–Kier alpha value is -2.97. The first kappa shape index (κ1) is 18.4. The first-order valence-electron chi connectivity index (χ1n) is 8.47. The number of carbonyl (C=O) groups is 1. The summed E-state index contributed by atoms with van der Waals surface area (Å²) in [5, 5.41) is 1.91. The van der Waals surface area contributed by atoms with E-state index in [1.54, 1.807) is 36.0 Å².